The zero-order valence-electron chi connectivity index (χ0n) is 10.1. The minimum atomic E-state index is -0.723. The molecule has 1 aliphatic heterocycles. The first-order valence-electron chi connectivity index (χ1n) is 5.90. The third kappa shape index (κ3) is 3.44. The van der Waals surface area contributed by atoms with Gasteiger partial charge in [-0.1, -0.05) is 0 Å². The number of aromatic nitrogens is 2. The number of alkyl halides is 1. The maximum absolute atomic E-state index is 11.6. The molecule has 2 rings (SSSR count). The number of nitrogens with zero attached hydrogens (tertiary/aromatic N) is 1. The molecule has 2 heterocycles. The van der Waals surface area contributed by atoms with E-state index < -0.39 is 29.7 Å². The quantitative estimate of drug-likeness (QED) is 0.560. The first-order valence-corrected chi connectivity index (χ1v) is 6.44. The van der Waals surface area contributed by atoms with Crippen LogP contribution in [0.15, 0.2) is 21.9 Å². The highest BCUT2D eigenvalue weighted by Crippen LogP contribution is 2.27. The van der Waals surface area contributed by atoms with Crippen LogP contribution in [-0.4, -0.2) is 46.0 Å². The molecule has 1 aromatic heterocycles. The maximum Gasteiger partial charge on any atom is 0.330 e. The Morgan fingerprint density at radius 2 is 2.37 bits per heavy atom. The van der Waals surface area contributed by atoms with Crippen molar-refractivity contribution in [2.75, 3.05) is 19.1 Å². The minimum absolute atomic E-state index is 0.211. The Bertz CT molecular complexity index is 528. The van der Waals surface area contributed by atoms with Crippen LogP contribution in [0.5, 0.6) is 0 Å². The molecule has 106 valence electrons. The molecule has 0 bridgehead atoms. The van der Waals surface area contributed by atoms with Crippen LogP contribution >= 0.6 is 11.6 Å². The Morgan fingerprint density at radius 1 is 1.58 bits per heavy atom. The lowest BCUT2D eigenvalue weighted by Crippen LogP contribution is -2.31. The molecule has 1 saturated heterocycles. The van der Waals surface area contributed by atoms with Crippen molar-refractivity contribution in [2.24, 2.45) is 0 Å². The number of rotatable bonds is 5. The number of aliphatic hydroxyl groups excluding tert-OH is 1. The molecule has 1 fully saturated rings. The van der Waals surface area contributed by atoms with E-state index in [2.05, 4.69) is 4.98 Å². The van der Waals surface area contributed by atoms with Gasteiger partial charge in [0.15, 0.2) is 0 Å². The molecule has 0 spiro atoms. The summed E-state index contributed by atoms with van der Waals surface area (Å²) >= 11 is 5.48. The third-order valence-corrected chi connectivity index (χ3v) is 3.02. The van der Waals surface area contributed by atoms with E-state index in [0.717, 1.165) is 0 Å². The predicted octanol–water partition coefficient (Wildman–Crippen LogP) is -0.560. The smallest absolute Gasteiger partial charge is 0.330 e. The van der Waals surface area contributed by atoms with Crippen LogP contribution in [0, 0.1) is 0 Å². The molecule has 1 aromatic rings. The van der Waals surface area contributed by atoms with Gasteiger partial charge in [-0.05, 0) is 0 Å². The van der Waals surface area contributed by atoms with Crippen molar-refractivity contribution in [3.8, 4) is 0 Å². The fraction of sp³-hybridized carbons (Fsp3) is 0.636. The molecule has 0 amide bonds. The summed E-state index contributed by atoms with van der Waals surface area (Å²) in [6.07, 6.45) is -0.225. The molecule has 19 heavy (non-hydrogen) atoms. The van der Waals surface area contributed by atoms with Crippen molar-refractivity contribution in [3.63, 3.8) is 0 Å². The fourth-order valence-electron chi connectivity index (χ4n) is 1.94. The van der Waals surface area contributed by atoms with E-state index in [1.54, 1.807) is 0 Å². The predicted molar refractivity (Wildman–Crippen MR) is 67.4 cm³/mol. The first-order chi connectivity index (χ1) is 9.11. The topological polar surface area (TPSA) is 93.6 Å². The van der Waals surface area contributed by atoms with Gasteiger partial charge in [0, 0.05) is 24.6 Å². The van der Waals surface area contributed by atoms with Crippen LogP contribution in [0.1, 0.15) is 12.6 Å². The first kappa shape index (κ1) is 14.3. The average molecular weight is 291 g/mol. The number of hydrogen-bond acceptors (Lipinski definition) is 5. The Kier molecular flexibility index (Phi) is 4.76. The van der Waals surface area contributed by atoms with Crippen LogP contribution in [0.3, 0.4) is 0 Å². The normalized spacial score (nSPS) is 26.7. The van der Waals surface area contributed by atoms with Crippen LogP contribution in [0.25, 0.3) is 0 Å². The van der Waals surface area contributed by atoms with Crippen LogP contribution in [0.2, 0.25) is 0 Å². The SMILES string of the molecule is O=c1ccn([C@H]2C[C@H](O)[C@@H](COCCCl)O2)c(=O)[nH]1. The molecule has 3 atom stereocenters. The molecule has 7 nitrogen and oxygen atoms in total. The molecule has 0 radical (unpaired) electrons. The highest BCUT2D eigenvalue weighted by atomic mass is 35.5. The van der Waals surface area contributed by atoms with Crippen molar-refractivity contribution >= 4 is 11.6 Å². The van der Waals surface area contributed by atoms with Crippen LogP contribution in [-0.2, 0) is 9.47 Å². The lowest BCUT2D eigenvalue weighted by atomic mass is 10.2. The summed E-state index contributed by atoms with van der Waals surface area (Å²) in [5.74, 6) is 0.367. The number of nitrogens with one attached hydrogen (secondary N) is 1. The summed E-state index contributed by atoms with van der Waals surface area (Å²) < 4.78 is 12.0. The highest BCUT2D eigenvalue weighted by molar-refractivity contribution is 6.17. The standard InChI is InChI=1S/C11H15ClN2O5/c12-2-4-18-6-8-7(15)5-10(19-8)14-3-1-9(16)13-11(14)17/h1,3,7-8,10,15H,2,4-6H2,(H,13,16,17)/t7-,8+,10+/m0/s1. The third-order valence-electron chi connectivity index (χ3n) is 2.87. The number of aliphatic hydroxyl groups is 1. The molecule has 0 saturated carbocycles. The van der Waals surface area contributed by atoms with Gasteiger partial charge in [0.2, 0.25) is 0 Å². The highest BCUT2D eigenvalue weighted by Gasteiger charge is 2.35. The molecule has 2 N–H and O–H groups in total. The van der Waals surface area contributed by atoms with Crippen molar-refractivity contribution in [1.29, 1.82) is 0 Å². The van der Waals surface area contributed by atoms with Crippen molar-refractivity contribution in [3.05, 3.63) is 33.1 Å². The lowest BCUT2D eigenvalue weighted by Gasteiger charge is -2.15. The van der Waals surface area contributed by atoms with Crippen LogP contribution in [0.4, 0.5) is 0 Å². The number of halogens is 1. The minimum Gasteiger partial charge on any atom is -0.390 e. The lowest BCUT2D eigenvalue weighted by molar-refractivity contribution is -0.0613. The fourth-order valence-corrected chi connectivity index (χ4v) is 2.05. The van der Waals surface area contributed by atoms with Crippen LogP contribution < -0.4 is 11.2 Å². The number of aromatic amines is 1. The second kappa shape index (κ2) is 6.33. The Morgan fingerprint density at radius 3 is 3.05 bits per heavy atom. The maximum atomic E-state index is 11.6. The summed E-state index contributed by atoms with van der Waals surface area (Å²) in [5.41, 5.74) is -1.03. The molecular weight excluding hydrogens is 276 g/mol. The molecule has 0 aromatic carbocycles. The Hall–Kier alpha value is -1.15. The van der Waals surface area contributed by atoms with Gasteiger partial charge >= 0.3 is 5.69 Å². The van der Waals surface area contributed by atoms with Crippen molar-refractivity contribution in [2.45, 2.75) is 24.9 Å². The van der Waals surface area contributed by atoms with Gasteiger partial charge in [-0.25, -0.2) is 4.79 Å². The Labute approximate surface area is 113 Å². The van der Waals surface area contributed by atoms with E-state index in [-0.39, 0.29) is 13.0 Å². The molecule has 0 unspecified atom stereocenters. The summed E-state index contributed by atoms with van der Waals surface area (Å²) in [6.45, 7) is 0.583. The summed E-state index contributed by atoms with van der Waals surface area (Å²) in [5, 5.41) is 9.84. The van der Waals surface area contributed by atoms with Gasteiger partial charge in [0.25, 0.3) is 5.56 Å². The van der Waals surface area contributed by atoms with E-state index in [0.29, 0.717) is 12.5 Å². The zero-order valence-corrected chi connectivity index (χ0v) is 10.9. The van der Waals surface area contributed by atoms with Crippen molar-refractivity contribution < 1.29 is 14.6 Å². The number of ether oxygens (including phenoxy) is 2. The summed E-state index contributed by atoms with van der Waals surface area (Å²) in [6, 6.07) is 1.23. The number of hydrogen-bond donors (Lipinski definition) is 2. The van der Waals surface area contributed by atoms with E-state index in [9.17, 15) is 14.7 Å². The molecule has 8 heteroatoms. The summed E-state index contributed by atoms with van der Waals surface area (Å²) in [7, 11) is 0. The average Bonchev–Trinajstić information content (AvgIpc) is 2.71. The van der Waals surface area contributed by atoms with Gasteiger partial charge < -0.3 is 14.6 Å². The number of H-pyrrole nitrogens is 1. The zero-order chi connectivity index (χ0) is 13.8. The van der Waals surface area contributed by atoms with Crippen molar-refractivity contribution in [1.82, 2.24) is 9.55 Å². The van der Waals surface area contributed by atoms with Gasteiger partial charge in [0.05, 0.1) is 19.3 Å². The van der Waals surface area contributed by atoms with Gasteiger partial charge in [0.1, 0.15) is 12.3 Å². The van der Waals surface area contributed by atoms with Gasteiger partial charge in [-0.2, -0.15) is 0 Å². The molecular formula is C11H15ClN2O5. The van der Waals surface area contributed by atoms with Gasteiger partial charge in [-0.3, -0.25) is 14.3 Å². The Balaban J connectivity index is 2.03. The largest absolute Gasteiger partial charge is 0.390 e. The van der Waals surface area contributed by atoms with E-state index in [1.807, 2.05) is 0 Å². The summed E-state index contributed by atoms with van der Waals surface area (Å²) in [4.78, 5) is 24.7. The second-order valence-corrected chi connectivity index (χ2v) is 4.59. The monoisotopic (exact) mass is 290 g/mol. The molecule has 0 aliphatic carbocycles. The van der Waals surface area contributed by atoms with E-state index in [4.69, 9.17) is 21.1 Å². The van der Waals surface area contributed by atoms with Gasteiger partial charge in [-0.15, -0.1) is 11.6 Å². The second-order valence-electron chi connectivity index (χ2n) is 4.21. The molecule has 1 aliphatic rings. The van der Waals surface area contributed by atoms with E-state index in [1.165, 1.54) is 16.8 Å². The van der Waals surface area contributed by atoms with E-state index >= 15 is 0 Å².